The fraction of sp³-hybridized carbons (Fsp3) is 0.538. The van der Waals surface area contributed by atoms with Crippen molar-refractivity contribution in [2.75, 3.05) is 17.2 Å². The summed E-state index contributed by atoms with van der Waals surface area (Å²) in [6, 6.07) is 3.54. The number of hydrogen-bond acceptors (Lipinski definition) is 2. The third kappa shape index (κ3) is 3.72. The second-order valence-corrected chi connectivity index (χ2v) is 6.13. The Kier molecular flexibility index (Phi) is 5.04. The summed E-state index contributed by atoms with van der Waals surface area (Å²) >= 11 is 1.96. The van der Waals surface area contributed by atoms with E-state index in [0.29, 0.717) is 21.2 Å². The molecule has 0 bridgehead atoms. The summed E-state index contributed by atoms with van der Waals surface area (Å²) in [5, 5.41) is 0. The monoisotopic (exact) mass is 350 g/mol. The molecule has 0 saturated carbocycles. The first-order chi connectivity index (χ1) is 7.82. The maximum atomic E-state index is 13.6. The van der Waals surface area contributed by atoms with Crippen molar-refractivity contribution in [1.82, 2.24) is 0 Å². The lowest BCUT2D eigenvalue weighted by atomic mass is 10.1. The predicted molar refractivity (Wildman–Crippen MR) is 80.8 cm³/mol. The van der Waals surface area contributed by atoms with Gasteiger partial charge in [-0.25, -0.2) is 4.39 Å². The second kappa shape index (κ2) is 5.89. The lowest BCUT2D eigenvalue weighted by molar-refractivity contribution is 0.567. The van der Waals surface area contributed by atoms with Crippen molar-refractivity contribution in [1.29, 1.82) is 0 Å². The summed E-state index contributed by atoms with van der Waals surface area (Å²) in [7, 11) is 0. The highest BCUT2D eigenvalue weighted by Gasteiger charge is 2.16. The summed E-state index contributed by atoms with van der Waals surface area (Å²) in [5.41, 5.74) is 7.43. The normalized spacial score (nSPS) is 11.3. The second-order valence-electron chi connectivity index (χ2n) is 4.97. The summed E-state index contributed by atoms with van der Waals surface area (Å²) in [6.45, 7) is 9.36. The number of nitrogen functional groups attached to an aromatic ring is 1. The fourth-order valence-corrected chi connectivity index (χ4v) is 2.27. The Morgan fingerprint density at radius 1 is 1.29 bits per heavy atom. The van der Waals surface area contributed by atoms with Gasteiger partial charge < -0.3 is 10.6 Å². The van der Waals surface area contributed by atoms with E-state index >= 15 is 0 Å². The molecule has 0 unspecified atom stereocenters. The number of hydrogen-bond donors (Lipinski definition) is 1. The highest BCUT2D eigenvalue weighted by Crippen LogP contribution is 2.29. The number of nitrogens with two attached hydrogens (primary N) is 1. The van der Waals surface area contributed by atoms with E-state index in [9.17, 15) is 4.39 Å². The van der Waals surface area contributed by atoms with Gasteiger partial charge in [0.05, 0.1) is 14.9 Å². The molecule has 1 aromatic carbocycles. The van der Waals surface area contributed by atoms with E-state index in [4.69, 9.17) is 5.73 Å². The van der Waals surface area contributed by atoms with Crippen LogP contribution < -0.4 is 10.6 Å². The van der Waals surface area contributed by atoms with E-state index in [1.54, 1.807) is 12.1 Å². The van der Waals surface area contributed by atoms with Gasteiger partial charge in [-0.1, -0.05) is 13.8 Å². The van der Waals surface area contributed by atoms with Crippen LogP contribution in [0.1, 0.15) is 27.7 Å². The molecule has 0 saturated heterocycles. The highest BCUT2D eigenvalue weighted by molar-refractivity contribution is 14.1. The van der Waals surface area contributed by atoms with Gasteiger partial charge in [0.25, 0.3) is 0 Å². The van der Waals surface area contributed by atoms with Crippen LogP contribution >= 0.6 is 22.6 Å². The zero-order valence-electron chi connectivity index (χ0n) is 10.8. The first-order valence-electron chi connectivity index (χ1n) is 5.84. The molecular weight excluding hydrogens is 330 g/mol. The average Bonchev–Trinajstić information content (AvgIpc) is 2.20. The summed E-state index contributed by atoms with van der Waals surface area (Å²) in [6.07, 6.45) is 0. The van der Waals surface area contributed by atoms with Gasteiger partial charge in [0.2, 0.25) is 0 Å². The smallest absolute Gasteiger partial charge is 0.138 e. The Bertz CT molecular complexity index is 391. The van der Waals surface area contributed by atoms with Crippen molar-refractivity contribution in [3.05, 3.63) is 21.5 Å². The van der Waals surface area contributed by atoms with Crippen LogP contribution in [0.3, 0.4) is 0 Å². The third-order valence-corrected chi connectivity index (χ3v) is 3.39. The molecule has 0 aliphatic carbocycles. The van der Waals surface area contributed by atoms with E-state index in [0.717, 1.165) is 12.2 Å². The third-order valence-electron chi connectivity index (χ3n) is 2.56. The van der Waals surface area contributed by atoms with Crippen molar-refractivity contribution >= 4 is 34.0 Å². The van der Waals surface area contributed by atoms with Gasteiger partial charge >= 0.3 is 0 Å². The zero-order chi connectivity index (χ0) is 13.2. The van der Waals surface area contributed by atoms with Crippen molar-refractivity contribution in [3.8, 4) is 0 Å². The van der Waals surface area contributed by atoms with Gasteiger partial charge in [-0.05, 0) is 48.4 Å². The van der Waals surface area contributed by atoms with Gasteiger partial charge in [0.15, 0.2) is 0 Å². The van der Waals surface area contributed by atoms with Gasteiger partial charge in [-0.3, -0.25) is 0 Å². The molecule has 96 valence electrons. The SMILES string of the molecule is CC(C)CN(c1cc(F)c(I)cc1N)C(C)C. The number of halogens is 2. The lowest BCUT2D eigenvalue weighted by Crippen LogP contribution is -2.34. The molecule has 4 heteroatoms. The molecule has 0 amide bonds. The lowest BCUT2D eigenvalue weighted by Gasteiger charge is -2.31. The Morgan fingerprint density at radius 3 is 2.35 bits per heavy atom. The van der Waals surface area contributed by atoms with E-state index in [2.05, 4.69) is 32.6 Å². The van der Waals surface area contributed by atoms with Gasteiger partial charge in [0, 0.05) is 18.7 Å². The molecular formula is C13H20FIN2. The molecule has 0 heterocycles. The fourth-order valence-electron chi connectivity index (χ4n) is 1.78. The molecule has 0 aliphatic heterocycles. The number of benzene rings is 1. The Hall–Kier alpha value is -0.520. The van der Waals surface area contributed by atoms with E-state index < -0.39 is 0 Å². The molecule has 0 fully saturated rings. The van der Waals surface area contributed by atoms with E-state index in [-0.39, 0.29) is 5.82 Å². The minimum absolute atomic E-state index is 0.204. The molecule has 1 aromatic rings. The molecule has 0 spiro atoms. The molecule has 17 heavy (non-hydrogen) atoms. The standard InChI is InChI=1S/C13H20FIN2/c1-8(2)7-17(9(3)4)13-5-10(14)11(15)6-12(13)16/h5-6,8-9H,7,16H2,1-4H3. The Balaban J connectivity index is 3.14. The van der Waals surface area contributed by atoms with Crippen LogP contribution in [0.2, 0.25) is 0 Å². The highest BCUT2D eigenvalue weighted by atomic mass is 127. The number of anilines is 2. The van der Waals surface area contributed by atoms with E-state index in [1.807, 2.05) is 22.6 Å². The van der Waals surface area contributed by atoms with Crippen LogP contribution in [0.15, 0.2) is 12.1 Å². The number of nitrogens with zero attached hydrogens (tertiary/aromatic N) is 1. The van der Waals surface area contributed by atoms with Crippen LogP contribution in [0.4, 0.5) is 15.8 Å². The van der Waals surface area contributed by atoms with Gasteiger partial charge in [-0.2, -0.15) is 0 Å². The van der Waals surface area contributed by atoms with Crippen LogP contribution in [0.5, 0.6) is 0 Å². The van der Waals surface area contributed by atoms with Crippen LogP contribution in [0.25, 0.3) is 0 Å². The van der Waals surface area contributed by atoms with E-state index in [1.165, 1.54) is 0 Å². The molecule has 1 rings (SSSR count). The van der Waals surface area contributed by atoms with Crippen LogP contribution in [0, 0.1) is 15.3 Å². The zero-order valence-corrected chi connectivity index (χ0v) is 13.0. The summed E-state index contributed by atoms with van der Waals surface area (Å²) in [4.78, 5) is 2.15. The average molecular weight is 350 g/mol. The predicted octanol–water partition coefficient (Wildman–Crippen LogP) is 3.88. The maximum Gasteiger partial charge on any atom is 0.138 e. The first kappa shape index (κ1) is 14.5. The molecule has 0 atom stereocenters. The minimum Gasteiger partial charge on any atom is -0.397 e. The van der Waals surface area contributed by atoms with Crippen LogP contribution in [-0.4, -0.2) is 12.6 Å². The molecule has 0 radical (unpaired) electrons. The van der Waals surface area contributed by atoms with Crippen molar-refractivity contribution < 1.29 is 4.39 Å². The van der Waals surface area contributed by atoms with Gasteiger partial charge in [0.1, 0.15) is 5.82 Å². The summed E-state index contributed by atoms with van der Waals surface area (Å²) in [5.74, 6) is 0.309. The molecule has 2 nitrogen and oxygen atoms in total. The van der Waals surface area contributed by atoms with Crippen LogP contribution in [-0.2, 0) is 0 Å². The van der Waals surface area contributed by atoms with Gasteiger partial charge in [-0.15, -0.1) is 0 Å². The number of rotatable bonds is 4. The molecule has 0 aromatic heterocycles. The molecule has 2 N–H and O–H groups in total. The maximum absolute atomic E-state index is 13.6. The quantitative estimate of drug-likeness (QED) is 0.660. The Morgan fingerprint density at radius 2 is 1.88 bits per heavy atom. The van der Waals surface area contributed by atoms with Crippen molar-refractivity contribution in [3.63, 3.8) is 0 Å². The molecule has 0 aliphatic rings. The largest absolute Gasteiger partial charge is 0.397 e. The Labute approximate surface area is 117 Å². The van der Waals surface area contributed by atoms with Crippen molar-refractivity contribution in [2.45, 2.75) is 33.7 Å². The van der Waals surface area contributed by atoms with Crippen molar-refractivity contribution in [2.24, 2.45) is 5.92 Å². The summed E-state index contributed by atoms with van der Waals surface area (Å²) < 4.78 is 14.2. The first-order valence-corrected chi connectivity index (χ1v) is 6.92. The topological polar surface area (TPSA) is 29.3 Å². The minimum atomic E-state index is -0.204.